The van der Waals surface area contributed by atoms with Crippen LogP contribution in [0.15, 0.2) is 114 Å². The Bertz CT molecular complexity index is 2270. The molecule has 0 saturated heterocycles. The van der Waals surface area contributed by atoms with Crippen LogP contribution in [0.3, 0.4) is 0 Å². The molecule has 46 heavy (non-hydrogen) atoms. The summed E-state index contributed by atoms with van der Waals surface area (Å²) in [6.07, 6.45) is 7.50. The first kappa shape index (κ1) is 31.0. The maximum absolute atomic E-state index is 6.16. The Kier molecular flexibility index (Phi) is 8.85. The molecular formula is C40H30IrN4O-2. The van der Waals surface area contributed by atoms with Gasteiger partial charge in [0.05, 0.1) is 5.58 Å². The van der Waals surface area contributed by atoms with Crippen molar-refractivity contribution in [1.82, 2.24) is 19.9 Å². The minimum Gasteiger partial charge on any atom is -0.486 e. The van der Waals surface area contributed by atoms with Gasteiger partial charge in [0.25, 0.3) is 0 Å². The number of nitrogens with zero attached hydrogens (tertiary/aromatic N) is 4. The van der Waals surface area contributed by atoms with E-state index in [0.717, 1.165) is 72.0 Å². The summed E-state index contributed by atoms with van der Waals surface area (Å²) in [7, 11) is 0. The van der Waals surface area contributed by atoms with Crippen LogP contribution in [0.4, 0.5) is 0 Å². The third-order valence-corrected chi connectivity index (χ3v) is 7.90. The number of furan rings is 1. The molecule has 0 spiro atoms. The smallest absolute Gasteiger partial charge is 0.216 e. The summed E-state index contributed by atoms with van der Waals surface area (Å²) in [5, 5.41) is 4.32. The van der Waals surface area contributed by atoms with Crippen LogP contribution in [0, 0.1) is 39.8 Å². The van der Waals surface area contributed by atoms with E-state index in [1.165, 1.54) is 11.1 Å². The summed E-state index contributed by atoms with van der Waals surface area (Å²) < 4.78 is 6.16. The van der Waals surface area contributed by atoms with E-state index in [9.17, 15) is 0 Å². The van der Waals surface area contributed by atoms with Crippen LogP contribution in [0.1, 0.15) is 22.4 Å². The molecule has 0 atom stereocenters. The van der Waals surface area contributed by atoms with Gasteiger partial charge in [-0.15, -0.1) is 53.6 Å². The van der Waals surface area contributed by atoms with Crippen LogP contribution in [-0.2, 0) is 20.1 Å². The SMILES string of the molecule is Cc1c[c-]c(-c2ccc(C)cn2)cc1.Cc1ccc2c(n1)oc1c(-c3cc(-c4ccc5cnccc5c4)c(C)cn3)[c-]ccc12.[Ir]. The van der Waals surface area contributed by atoms with Gasteiger partial charge in [0.1, 0.15) is 0 Å². The number of aryl methyl sites for hydroxylation is 4. The standard InChI is InChI=1S/C27H18N3O.C13H12N.Ir/c1-16-14-29-25(13-24(16)19-7-8-20-15-28-11-10-18(20)12-19)23-5-3-4-21-22-9-6-17(2)30-27(22)31-26(21)23;1-10-3-6-12(7-4-10)13-8-5-11(2)9-14-13;/h3-4,6-15H,1-2H3;3-6,8-9H,1-2H3;/q2*-1;. The Labute approximate surface area is 281 Å². The fourth-order valence-electron chi connectivity index (χ4n) is 5.42. The van der Waals surface area contributed by atoms with E-state index in [-0.39, 0.29) is 20.1 Å². The summed E-state index contributed by atoms with van der Waals surface area (Å²) in [5.74, 6) is 0. The van der Waals surface area contributed by atoms with Crippen molar-refractivity contribution in [1.29, 1.82) is 0 Å². The summed E-state index contributed by atoms with van der Waals surface area (Å²) in [4.78, 5) is 17.8. The second kappa shape index (κ2) is 13.1. The van der Waals surface area contributed by atoms with Crippen molar-refractivity contribution in [3.63, 3.8) is 0 Å². The second-order valence-corrected chi connectivity index (χ2v) is 11.3. The molecule has 5 nitrogen and oxygen atoms in total. The van der Waals surface area contributed by atoms with Crippen LogP contribution in [-0.4, -0.2) is 19.9 Å². The monoisotopic (exact) mass is 775 g/mol. The zero-order valence-corrected chi connectivity index (χ0v) is 28.3. The molecule has 0 unspecified atom stereocenters. The van der Waals surface area contributed by atoms with Gasteiger partial charge in [0.15, 0.2) is 0 Å². The number of pyridine rings is 4. The topological polar surface area (TPSA) is 64.7 Å². The molecule has 227 valence electrons. The first-order chi connectivity index (χ1) is 21.9. The predicted molar refractivity (Wildman–Crippen MR) is 182 cm³/mol. The molecule has 0 fully saturated rings. The summed E-state index contributed by atoms with van der Waals surface area (Å²) in [5.41, 5.74) is 11.9. The number of hydrogen-bond acceptors (Lipinski definition) is 5. The van der Waals surface area contributed by atoms with Gasteiger partial charge in [-0.2, -0.15) is 0 Å². The Morgan fingerprint density at radius 2 is 1.52 bits per heavy atom. The Balaban J connectivity index is 0.000000209. The van der Waals surface area contributed by atoms with Gasteiger partial charge in [-0.05, 0) is 84.1 Å². The average molecular weight is 775 g/mol. The molecule has 0 aliphatic heterocycles. The molecule has 0 saturated carbocycles. The number of rotatable bonds is 3. The number of fused-ring (bicyclic) bond motifs is 4. The van der Waals surface area contributed by atoms with Gasteiger partial charge in [-0.25, -0.2) is 4.98 Å². The van der Waals surface area contributed by atoms with E-state index < -0.39 is 0 Å². The van der Waals surface area contributed by atoms with E-state index in [0.29, 0.717) is 5.71 Å². The predicted octanol–water partition coefficient (Wildman–Crippen LogP) is 9.84. The second-order valence-electron chi connectivity index (χ2n) is 11.3. The molecule has 0 N–H and O–H groups in total. The van der Waals surface area contributed by atoms with E-state index in [4.69, 9.17) is 9.40 Å². The van der Waals surface area contributed by atoms with Crippen molar-refractivity contribution in [3.8, 4) is 33.6 Å². The number of aromatic nitrogens is 4. The van der Waals surface area contributed by atoms with Crippen LogP contribution >= 0.6 is 0 Å². The van der Waals surface area contributed by atoms with E-state index in [2.05, 4.69) is 83.4 Å². The molecule has 0 aliphatic rings. The van der Waals surface area contributed by atoms with Crippen molar-refractivity contribution in [2.75, 3.05) is 0 Å². The molecule has 6 heteroatoms. The van der Waals surface area contributed by atoms with E-state index in [1.54, 1.807) is 0 Å². The molecule has 0 aliphatic carbocycles. The largest absolute Gasteiger partial charge is 0.486 e. The quantitative estimate of drug-likeness (QED) is 0.167. The van der Waals surface area contributed by atoms with Gasteiger partial charge < -0.3 is 14.4 Å². The van der Waals surface area contributed by atoms with Crippen molar-refractivity contribution in [2.45, 2.75) is 27.7 Å². The van der Waals surface area contributed by atoms with E-state index in [1.807, 2.05) is 81.1 Å². The Hall–Kier alpha value is -5.03. The van der Waals surface area contributed by atoms with Crippen molar-refractivity contribution in [3.05, 3.63) is 144 Å². The van der Waals surface area contributed by atoms with Crippen molar-refractivity contribution < 1.29 is 24.5 Å². The van der Waals surface area contributed by atoms with Crippen molar-refractivity contribution in [2.24, 2.45) is 0 Å². The van der Waals surface area contributed by atoms with Gasteiger partial charge >= 0.3 is 0 Å². The molecular weight excluding hydrogens is 745 g/mol. The maximum atomic E-state index is 6.16. The normalized spacial score (nSPS) is 10.9. The first-order valence-corrected chi connectivity index (χ1v) is 14.9. The molecule has 8 rings (SSSR count). The summed E-state index contributed by atoms with van der Waals surface area (Å²) >= 11 is 0. The van der Waals surface area contributed by atoms with Gasteiger partial charge in [-0.1, -0.05) is 48.2 Å². The van der Waals surface area contributed by atoms with Gasteiger partial charge in [0.2, 0.25) is 5.71 Å². The third-order valence-electron chi connectivity index (χ3n) is 7.90. The van der Waals surface area contributed by atoms with Gasteiger partial charge in [-0.3, -0.25) is 4.98 Å². The zero-order valence-electron chi connectivity index (χ0n) is 25.9. The molecule has 1 radical (unpaired) electrons. The molecule has 3 aromatic carbocycles. The molecule has 5 heterocycles. The van der Waals surface area contributed by atoms with Gasteiger partial charge in [0, 0.05) is 61.4 Å². The minimum atomic E-state index is 0. The fraction of sp³-hybridized carbons (Fsp3) is 0.100. The molecule has 0 amide bonds. The van der Waals surface area contributed by atoms with Crippen LogP contribution in [0.2, 0.25) is 0 Å². The fourth-order valence-corrected chi connectivity index (χ4v) is 5.42. The third kappa shape index (κ3) is 6.23. The molecule has 0 bridgehead atoms. The number of benzene rings is 3. The first-order valence-electron chi connectivity index (χ1n) is 14.9. The van der Waals surface area contributed by atoms with Crippen LogP contribution < -0.4 is 0 Å². The summed E-state index contributed by atoms with van der Waals surface area (Å²) in [6.45, 7) is 8.15. The van der Waals surface area contributed by atoms with Crippen molar-refractivity contribution >= 4 is 32.8 Å². The molecule has 5 aromatic heterocycles. The van der Waals surface area contributed by atoms with Crippen LogP contribution in [0.25, 0.3) is 66.5 Å². The maximum Gasteiger partial charge on any atom is 0.216 e. The summed E-state index contributed by atoms with van der Waals surface area (Å²) in [6, 6.07) is 35.4. The Morgan fingerprint density at radius 3 is 2.33 bits per heavy atom. The Morgan fingerprint density at radius 1 is 0.674 bits per heavy atom. The minimum absolute atomic E-state index is 0. The van der Waals surface area contributed by atoms with Crippen LogP contribution in [0.5, 0.6) is 0 Å². The zero-order chi connectivity index (χ0) is 30.9. The molecule has 8 aromatic rings. The average Bonchev–Trinajstić information content (AvgIpc) is 3.44. The number of hydrogen-bond donors (Lipinski definition) is 0. The van der Waals surface area contributed by atoms with E-state index >= 15 is 0 Å².